The molecule has 1 aromatic rings. The zero-order chi connectivity index (χ0) is 10.9. The molecule has 0 aliphatic rings. The van der Waals surface area contributed by atoms with Crippen molar-refractivity contribution in [3.05, 3.63) is 23.3 Å². The molecule has 0 fully saturated rings. The largest absolute Gasteiger partial charge is 0.872 e. The first kappa shape index (κ1) is 10.0. The Morgan fingerprint density at radius 2 is 1.57 bits per heavy atom. The maximum absolute atomic E-state index is 11.1. The molecule has 1 rings (SSSR count). The van der Waals surface area contributed by atoms with E-state index in [2.05, 4.69) is 0 Å². The number of aromatic carboxylic acids is 1. The number of hydrogen-bond acceptors (Lipinski definition) is 4. The molecule has 1 aromatic carbocycles. The van der Waals surface area contributed by atoms with Gasteiger partial charge in [-0.05, 0) is 6.92 Å². The van der Waals surface area contributed by atoms with Gasteiger partial charge in [-0.25, -0.2) is 4.79 Å². The Kier molecular flexibility index (Phi) is 2.42. The van der Waals surface area contributed by atoms with Crippen molar-refractivity contribution in [1.29, 1.82) is 0 Å². The van der Waals surface area contributed by atoms with Crippen molar-refractivity contribution in [1.82, 2.24) is 0 Å². The number of ketones is 1. The van der Waals surface area contributed by atoms with Gasteiger partial charge in [-0.3, -0.25) is 4.79 Å². The van der Waals surface area contributed by atoms with E-state index < -0.39 is 28.8 Å². The third-order valence-electron chi connectivity index (χ3n) is 1.69. The van der Waals surface area contributed by atoms with Gasteiger partial charge in [0.15, 0.2) is 5.78 Å². The van der Waals surface area contributed by atoms with E-state index in [4.69, 9.17) is 5.11 Å². The highest BCUT2D eigenvalue weighted by Gasteiger charge is 2.07. The van der Waals surface area contributed by atoms with Gasteiger partial charge in [-0.15, -0.1) is 0 Å². The molecule has 0 unspecified atom stereocenters. The smallest absolute Gasteiger partial charge is 0.335 e. The molecule has 0 heterocycles. The average molecular weight is 194 g/mol. The molecule has 0 amide bonds. The van der Waals surface area contributed by atoms with E-state index >= 15 is 0 Å². The summed E-state index contributed by atoms with van der Waals surface area (Å²) < 4.78 is 0. The van der Waals surface area contributed by atoms with Crippen LogP contribution in [-0.2, 0) is 0 Å². The zero-order valence-electron chi connectivity index (χ0n) is 7.23. The van der Waals surface area contributed by atoms with Crippen LogP contribution >= 0.6 is 0 Å². The predicted molar refractivity (Wildman–Crippen MR) is 42.3 cm³/mol. The summed E-state index contributed by atoms with van der Waals surface area (Å²) in [5.74, 6) is -3.59. The molecule has 0 radical (unpaired) electrons. The van der Waals surface area contributed by atoms with Gasteiger partial charge >= 0.3 is 5.97 Å². The molecule has 74 valence electrons. The fourth-order valence-corrected chi connectivity index (χ4v) is 1.00. The summed E-state index contributed by atoms with van der Waals surface area (Å²) in [6, 6.07) is 1.43. The molecule has 0 atom stereocenters. The third-order valence-corrected chi connectivity index (χ3v) is 1.69. The van der Waals surface area contributed by atoms with Gasteiger partial charge in [0, 0.05) is 5.56 Å². The first-order valence-corrected chi connectivity index (χ1v) is 3.69. The quantitative estimate of drug-likeness (QED) is 0.653. The fraction of sp³-hybridized carbons (Fsp3) is 0.111. The van der Waals surface area contributed by atoms with Gasteiger partial charge in [-0.2, -0.15) is 0 Å². The van der Waals surface area contributed by atoms with Crippen LogP contribution in [0.2, 0.25) is 0 Å². The molecular weight excluding hydrogens is 188 g/mol. The second kappa shape index (κ2) is 3.37. The van der Waals surface area contributed by atoms with Crippen molar-refractivity contribution in [2.75, 3.05) is 0 Å². The van der Waals surface area contributed by atoms with Crippen molar-refractivity contribution < 1.29 is 24.9 Å². The lowest BCUT2D eigenvalue weighted by Gasteiger charge is -2.18. The summed E-state index contributed by atoms with van der Waals surface area (Å²) in [5, 5.41) is 30.7. The van der Waals surface area contributed by atoms with Crippen LogP contribution in [0.1, 0.15) is 27.6 Å². The lowest BCUT2D eigenvalue weighted by molar-refractivity contribution is -0.275. The summed E-state index contributed by atoms with van der Waals surface area (Å²) in [5.41, 5.74) is -0.889. The Hall–Kier alpha value is -2.04. The number of benzene rings is 1. The first-order chi connectivity index (χ1) is 6.43. The Labute approximate surface area is 79.2 Å². The van der Waals surface area contributed by atoms with Gasteiger partial charge in [-0.1, -0.05) is 23.6 Å². The maximum Gasteiger partial charge on any atom is 0.335 e. The van der Waals surface area contributed by atoms with Crippen LogP contribution in [-0.4, -0.2) is 16.9 Å². The van der Waals surface area contributed by atoms with E-state index in [1.807, 2.05) is 0 Å². The van der Waals surface area contributed by atoms with Crippen molar-refractivity contribution >= 4 is 11.8 Å². The van der Waals surface area contributed by atoms with Crippen LogP contribution in [0, 0.1) is 0 Å². The van der Waals surface area contributed by atoms with E-state index in [0.29, 0.717) is 6.07 Å². The van der Waals surface area contributed by atoms with E-state index in [-0.39, 0.29) is 5.56 Å². The summed E-state index contributed by atoms with van der Waals surface area (Å²) >= 11 is 0. The number of carbonyl (C=O) groups excluding carboxylic acids is 1. The molecule has 14 heavy (non-hydrogen) atoms. The highest BCUT2D eigenvalue weighted by molar-refractivity contribution is 5.99. The molecule has 5 nitrogen and oxygen atoms in total. The molecule has 0 saturated carbocycles. The van der Waals surface area contributed by atoms with Crippen molar-refractivity contribution in [2.45, 2.75) is 6.92 Å². The van der Waals surface area contributed by atoms with E-state index in [1.54, 1.807) is 0 Å². The molecule has 0 aliphatic carbocycles. The van der Waals surface area contributed by atoms with Crippen LogP contribution in [0.3, 0.4) is 0 Å². The van der Waals surface area contributed by atoms with E-state index in [0.717, 1.165) is 13.0 Å². The normalized spacial score (nSPS) is 9.79. The van der Waals surface area contributed by atoms with Gasteiger partial charge in [0.1, 0.15) is 0 Å². The minimum absolute atomic E-state index is 0.278. The van der Waals surface area contributed by atoms with E-state index in [9.17, 15) is 19.8 Å². The number of carboxylic acids is 1. The van der Waals surface area contributed by atoms with E-state index in [1.165, 1.54) is 0 Å². The molecule has 0 aromatic heterocycles. The molecule has 0 spiro atoms. The molecule has 0 aliphatic heterocycles. The molecule has 5 heteroatoms. The summed E-state index contributed by atoms with van der Waals surface area (Å²) in [6.45, 7) is 1.14. The highest BCUT2D eigenvalue weighted by atomic mass is 16.4. The zero-order valence-corrected chi connectivity index (χ0v) is 7.23. The second-order valence-electron chi connectivity index (χ2n) is 2.71. The van der Waals surface area contributed by atoms with Crippen molar-refractivity contribution in [3.63, 3.8) is 0 Å². The third kappa shape index (κ3) is 1.66. The number of rotatable bonds is 2. The van der Waals surface area contributed by atoms with Gasteiger partial charge in [0.25, 0.3) is 0 Å². The Morgan fingerprint density at radius 3 is 2.00 bits per heavy atom. The molecule has 0 bridgehead atoms. The topological polar surface area (TPSA) is 100 Å². The van der Waals surface area contributed by atoms with Gasteiger partial charge in [0.05, 0.1) is 5.56 Å². The summed E-state index contributed by atoms with van der Waals surface area (Å²) in [6.07, 6.45) is 0. The number of hydrogen-bond donors (Lipinski definition) is 1. The first-order valence-electron chi connectivity index (χ1n) is 3.69. The summed E-state index contributed by atoms with van der Waals surface area (Å²) in [7, 11) is 0. The predicted octanol–water partition coefficient (Wildman–Crippen LogP) is -0.265. The SMILES string of the molecule is CC(=O)c1cc([O-])c(C(=O)O)cc1[O-]. The van der Waals surface area contributed by atoms with Crippen LogP contribution in [0.25, 0.3) is 0 Å². The summed E-state index contributed by atoms with van der Waals surface area (Å²) in [4.78, 5) is 21.2. The molecule has 1 N–H and O–H groups in total. The van der Waals surface area contributed by atoms with Gasteiger partial charge < -0.3 is 15.3 Å². The lowest BCUT2D eigenvalue weighted by atomic mass is 10.1. The van der Waals surface area contributed by atoms with Gasteiger partial charge in [0.2, 0.25) is 0 Å². The Balaban J connectivity index is 3.38. The highest BCUT2D eigenvalue weighted by Crippen LogP contribution is 2.23. The van der Waals surface area contributed by atoms with Crippen molar-refractivity contribution in [3.8, 4) is 11.5 Å². The monoisotopic (exact) mass is 194 g/mol. The number of carboxylic acid groups (broad SMARTS) is 1. The van der Waals surface area contributed by atoms with Crippen LogP contribution in [0.15, 0.2) is 12.1 Å². The van der Waals surface area contributed by atoms with Crippen molar-refractivity contribution in [2.24, 2.45) is 0 Å². The minimum atomic E-state index is -1.47. The van der Waals surface area contributed by atoms with Crippen LogP contribution < -0.4 is 10.2 Å². The standard InChI is InChI=1S/C9H8O5/c1-4(10)5-2-8(12)6(9(13)14)3-7(5)11/h2-3,11-12H,1H3,(H,13,14)/p-2. The second-order valence-corrected chi connectivity index (χ2v) is 2.71. The number of carbonyl (C=O) groups is 2. The van der Waals surface area contributed by atoms with Crippen LogP contribution in [0.4, 0.5) is 0 Å². The van der Waals surface area contributed by atoms with Crippen LogP contribution in [0.5, 0.6) is 11.5 Å². The average Bonchev–Trinajstić information content (AvgIpc) is 2.07. The Morgan fingerprint density at radius 1 is 1.14 bits per heavy atom. The number of Topliss-reactive ketones (excluding diaryl/α,β-unsaturated/α-hetero) is 1. The molecular formula is C9H6O5-2. The molecule has 0 saturated heterocycles. The maximum atomic E-state index is 11.1. The lowest BCUT2D eigenvalue weighted by Crippen LogP contribution is -2.09. The minimum Gasteiger partial charge on any atom is -0.872 e. The fourth-order valence-electron chi connectivity index (χ4n) is 1.00. The Bertz CT molecular complexity index is 368.